The lowest BCUT2D eigenvalue weighted by Gasteiger charge is -2.47. The van der Waals surface area contributed by atoms with Gasteiger partial charge in [-0.1, -0.05) is 13.8 Å². The van der Waals surface area contributed by atoms with Crippen molar-refractivity contribution in [1.29, 1.82) is 0 Å². The molecule has 0 radical (unpaired) electrons. The zero-order valence-electron chi connectivity index (χ0n) is 19.4. The summed E-state index contributed by atoms with van der Waals surface area (Å²) in [6.45, 7) is 5.68. The van der Waals surface area contributed by atoms with Gasteiger partial charge in [-0.2, -0.15) is 0 Å². The van der Waals surface area contributed by atoms with Crippen LogP contribution < -0.4 is 9.47 Å². The highest BCUT2D eigenvalue weighted by atomic mass is 18.2. The first kappa shape index (κ1) is 23.6. The maximum Gasteiger partial charge on any atom is 0.508 e. The summed E-state index contributed by atoms with van der Waals surface area (Å²) in [6.07, 6.45) is 3.08. The Kier molecular flexibility index (Phi) is 7.68. The summed E-state index contributed by atoms with van der Waals surface area (Å²) in [7, 11) is 4.63. The predicted octanol–water partition coefficient (Wildman–Crippen LogP) is 4.94. The van der Waals surface area contributed by atoms with Crippen molar-refractivity contribution in [2.24, 2.45) is 11.3 Å². The fourth-order valence-corrected chi connectivity index (χ4v) is 4.96. The zero-order chi connectivity index (χ0) is 22.6. The van der Waals surface area contributed by atoms with Crippen LogP contribution in [0.5, 0.6) is 11.5 Å². The first-order valence-electron chi connectivity index (χ1n) is 11.1. The Morgan fingerprint density at radius 2 is 1.87 bits per heavy atom. The number of carbonyl (C=O) groups excluding carboxylic acids is 1. The number of hydrogen-bond acceptors (Lipinski definition) is 6. The number of fused-ring (bicyclic) bond motifs is 3. The van der Waals surface area contributed by atoms with E-state index in [1.165, 1.54) is 18.2 Å². The summed E-state index contributed by atoms with van der Waals surface area (Å²) in [4.78, 5) is 14.5. The van der Waals surface area contributed by atoms with Gasteiger partial charge in [0.1, 0.15) is 6.10 Å². The highest BCUT2D eigenvalue weighted by molar-refractivity contribution is 5.60. The fraction of sp³-hybridized carbons (Fsp3) is 0.708. The number of benzene rings is 1. The number of alkyl halides is 1. The van der Waals surface area contributed by atoms with E-state index in [0.717, 1.165) is 38.1 Å². The number of ether oxygens (including phenoxy) is 4. The van der Waals surface area contributed by atoms with E-state index in [-0.39, 0.29) is 30.2 Å². The third-order valence-electron chi connectivity index (χ3n) is 6.94. The summed E-state index contributed by atoms with van der Waals surface area (Å²) >= 11 is 0. The molecule has 2 aliphatic rings. The van der Waals surface area contributed by atoms with Crippen molar-refractivity contribution in [2.45, 2.75) is 58.1 Å². The number of carbonyl (C=O) groups is 1. The van der Waals surface area contributed by atoms with Gasteiger partial charge in [-0.3, -0.25) is 9.29 Å². The molecule has 174 valence electrons. The van der Waals surface area contributed by atoms with E-state index in [9.17, 15) is 9.18 Å². The third kappa shape index (κ3) is 5.43. The number of rotatable bonds is 8. The van der Waals surface area contributed by atoms with Gasteiger partial charge < -0.3 is 18.9 Å². The molecule has 6 nitrogen and oxygen atoms in total. The molecule has 0 aromatic heterocycles. The SMILES string of the molecule is COC(=O)O[C@H]1C[C@H]2c3cc(OC)c(OC)cc3CCN2C[C@@H]1CCC(C)(C)CC[18F]. The molecule has 3 rings (SSSR count). The standard InChI is InChI=1S/C24H36FNO5/c1-24(2,9-10-25)8-6-17-15-26-11-7-16-12-21(28-3)22(29-4)13-18(16)19(26)14-20(17)31-23(27)30-5/h12-13,17,19-20H,6-11,14-15H2,1-5H3/t17-,19-,20-/m0/s1/i25-1. The minimum Gasteiger partial charge on any atom is -0.493 e. The van der Waals surface area contributed by atoms with Crippen molar-refractivity contribution in [3.8, 4) is 11.5 Å². The lowest BCUT2D eigenvalue weighted by Crippen LogP contribution is -2.49. The van der Waals surface area contributed by atoms with Gasteiger partial charge in [0.2, 0.25) is 0 Å². The van der Waals surface area contributed by atoms with Crippen LogP contribution in [0.2, 0.25) is 0 Å². The Labute approximate surface area is 185 Å². The summed E-state index contributed by atoms with van der Waals surface area (Å²) in [5.74, 6) is 1.64. The highest BCUT2D eigenvalue weighted by Gasteiger charge is 2.41. The van der Waals surface area contributed by atoms with Crippen molar-refractivity contribution in [2.75, 3.05) is 41.1 Å². The van der Waals surface area contributed by atoms with Crippen LogP contribution in [-0.4, -0.2) is 58.3 Å². The van der Waals surface area contributed by atoms with E-state index in [2.05, 4.69) is 30.9 Å². The fourth-order valence-electron chi connectivity index (χ4n) is 4.96. The lowest BCUT2D eigenvalue weighted by molar-refractivity contribution is -0.0490. The third-order valence-corrected chi connectivity index (χ3v) is 6.94. The first-order chi connectivity index (χ1) is 14.8. The molecule has 1 aromatic carbocycles. The summed E-state index contributed by atoms with van der Waals surface area (Å²) in [5, 5.41) is 0. The second-order valence-electron chi connectivity index (χ2n) is 9.41. The van der Waals surface area contributed by atoms with E-state index in [1.54, 1.807) is 14.2 Å². The molecule has 1 saturated heterocycles. The van der Waals surface area contributed by atoms with E-state index in [1.807, 2.05) is 0 Å². The molecule has 2 aliphatic heterocycles. The summed E-state index contributed by atoms with van der Waals surface area (Å²) < 4.78 is 34.4. The molecule has 31 heavy (non-hydrogen) atoms. The monoisotopic (exact) mass is 436 g/mol. The van der Waals surface area contributed by atoms with Crippen LogP contribution >= 0.6 is 0 Å². The molecule has 3 atom stereocenters. The van der Waals surface area contributed by atoms with E-state index < -0.39 is 6.16 Å². The second-order valence-corrected chi connectivity index (χ2v) is 9.41. The number of piperidine rings is 1. The van der Waals surface area contributed by atoms with Crippen LogP contribution in [0.1, 0.15) is 56.7 Å². The Balaban J connectivity index is 1.83. The average Bonchev–Trinajstić information content (AvgIpc) is 2.76. The summed E-state index contributed by atoms with van der Waals surface area (Å²) in [6, 6.07) is 4.27. The van der Waals surface area contributed by atoms with Gasteiger partial charge >= 0.3 is 6.16 Å². The number of halogens is 1. The summed E-state index contributed by atoms with van der Waals surface area (Å²) in [5.41, 5.74) is 2.39. The first-order valence-corrected chi connectivity index (χ1v) is 11.1. The molecule has 2 heterocycles. The Morgan fingerprint density at radius 3 is 2.52 bits per heavy atom. The Hall–Kier alpha value is -2.02. The van der Waals surface area contributed by atoms with Crippen molar-refractivity contribution in [3.63, 3.8) is 0 Å². The van der Waals surface area contributed by atoms with Gasteiger partial charge in [-0.25, -0.2) is 4.79 Å². The number of hydrogen-bond donors (Lipinski definition) is 0. The van der Waals surface area contributed by atoms with Gasteiger partial charge in [0.05, 0.1) is 28.0 Å². The van der Waals surface area contributed by atoms with Crippen LogP contribution in [0.3, 0.4) is 0 Å². The highest BCUT2D eigenvalue weighted by Crippen LogP contribution is 2.45. The molecule has 0 spiro atoms. The molecule has 7 heteroatoms. The van der Waals surface area contributed by atoms with Crippen molar-refractivity contribution in [3.05, 3.63) is 23.3 Å². The van der Waals surface area contributed by atoms with Gasteiger partial charge in [0, 0.05) is 31.5 Å². The molecule has 1 aromatic rings. The average molecular weight is 437 g/mol. The van der Waals surface area contributed by atoms with Crippen LogP contribution in [0, 0.1) is 11.3 Å². The molecule has 0 N–H and O–H groups in total. The molecular formula is C24H36FNO5. The maximum atomic E-state index is 12.9. The van der Waals surface area contributed by atoms with Gasteiger partial charge in [0.25, 0.3) is 0 Å². The normalized spacial score (nSPS) is 23.5. The maximum absolute atomic E-state index is 12.9. The van der Waals surface area contributed by atoms with E-state index in [4.69, 9.17) is 18.9 Å². The molecular weight excluding hydrogens is 400 g/mol. The second kappa shape index (κ2) is 10.1. The molecule has 0 bridgehead atoms. The van der Waals surface area contributed by atoms with Gasteiger partial charge in [0.15, 0.2) is 11.5 Å². The Morgan fingerprint density at radius 1 is 1.16 bits per heavy atom. The Bertz CT molecular complexity index is 769. The van der Waals surface area contributed by atoms with Crippen molar-refractivity contribution < 1.29 is 28.1 Å². The topological polar surface area (TPSA) is 57.2 Å². The predicted molar refractivity (Wildman–Crippen MR) is 117 cm³/mol. The number of methoxy groups -OCH3 is 3. The van der Waals surface area contributed by atoms with E-state index >= 15 is 0 Å². The minimum absolute atomic E-state index is 0.0696. The number of nitrogens with zero attached hydrogens (tertiary/aromatic N) is 1. The largest absolute Gasteiger partial charge is 0.508 e. The molecule has 1 fully saturated rings. The van der Waals surface area contributed by atoms with Gasteiger partial charge in [-0.05, 0) is 54.4 Å². The van der Waals surface area contributed by atoms with Crippen molar-refractivity contribution >= 4 is 6.16 Å². The quantitative estimate of drug-likeness (QED) is 0.538. The van der Waals surface area contributed by atoms with Crippen LogP contribution in [0.4, 0.5) is 9.18 Å². The molecule has 0 unspecified atom stereocenters. The smallest absolute Gasteiger partial charge is 0.493 e. The van der Waals surface area contributed by atoms with Crippen LogP contribution in [0.25, 0.3) is 0 Å². The van der Waals surface area contributed by atoms with Crippen LogP contribution in [-0.2, 0) is 15.9 Å². The molecule has 0 amide bonds. The lowest BCUT2D eigenvalue weighted by atomic mass is 9.76. The van der Waals surface area contributed by atoms with E-state index in [0.29, 0.717) is 18.6 Å². The minimum atomic E-state index is -0.644. The van der Waals surface area contributed by atoms with Crippen LogP contribution in [0.15, 0.2) is 12.1 Å². The van der Waals surface area contributed by atoms with Gasteiger partial charge in [-0.15, -0.1) is 0 Å². The molecule has 0 saturated carbocycles. The molecule has 0 aliphatic carbocycles. The van der Waals surface area contributed by atoms with Crippen molar-refractivity contribution in [1.82, 2.24) is 4.90 Å². The zero-order valence-corrected chi connectivity index (χ0v) is 19.4.